The smallest absolute Gasteiger partial charge is 0.203 e. The monoisotopic (exact) mass is 188 g/mol. The highest BCUT2D eigenvalue weighted by atomic mass is 16.5. The van der Waals surface area contributed by atoms with Crippen LogP contribution in [-0.4, -0.2) is 36.4 Å². The average Bonchev–Trinajstić information content (AvgIpc) is 2.19. The number of hydrogen-bond donors (Lipinski definition) is 4. The Morgan fingerprint density at radius 2 is 2.15 bits per heavy atom. The Bertz CT molecular complexity index is 189. The average molecular weight is 188 g/mol. The summed E-state index contributed by atoms with van der Waals surface area (Å²) in [6.07, 6.45) is 1.34. The minimum absolute atomic E-state index is 0.0290. The molecular weight excluding hydrogens is 172 g/mol. The Kier molecular flexibility index (Phi) is 3.47. The second kappa shape index (κ2) is 4.40. The molecule has 6 heteroatoms. The number of rotatable bonds is 2. The number of nitrogens with zero attached hydrogens (tertiary/aromatic N) is 1. The lowest BCUT2D eigenvalue weighted by Gasteiger charge is -2.31. The van der Waals surface area contributed by atoms with Crippen LogP contribution in [0.15, 0.2) is 4.99 Å². The van der Waals surface area contributed by atoms with E-state index in [2.05, 4.69) is 10.4 Å². The topological polar surface area (TPSA) is 106 Å². The minimum atomic E-state index is -0.505. The van der Waals surface area contributed by atoms with Gasteiger partial charge in [-0.25, -0.2) is 10.8 Å². The molecule has 13 heavy (non-hydrogen) atoms. The normalized spacial score (nSPS) is 22.8. The molecule has 1 rings (SSSR count). The van der Waals surface area contributed by atoms with Gasteiger partial charge in [-0.2, -0.15) is 0 Å². The van der Waals surface area contributed by atoms with Gasteiger partial charge in [0.25, 0.3) is 0 Å². The van der Waals surface area contributed by atoms with E-state index in [1.165, 1.54) is 0 Å². The third-order valence-corrected chi connectivity index (χ3v) is 2.22. The molecule has 0 amide bonds. The van der Waals surface area contributed by atoms with Crippen molar-refractivity contribution >= 4 is 5.96 Å². The van der Waals surface area contributed by atoms with Crippen LogP contribution >= 0.6 is 0 Å². The molecule has 0 saturated carbocycles. The number of hydrogen-bond acceptors (Lipinski definition) is 4. The molecule has 0 radical (unpaired) electrons. The lowest BCUT2D eigenvalue weighted by Crippen LogP contribution is -2.44. The summed E-state index contributed by atoms with van der Waals surface area (Å²) in [6.45, 7) is 1.17. The van der Waals surface area contributed by atoms with Crippen LogP contribution in [0.5, 0.6) is 0 Å². The van der Waals surface area contributed by atoms with Gasteiger partial charge in [-0.05, 0) is 12.8 Å². The van der Waals surface area contributed by atoms with Gasteiger partial charge in [-0.1, -0.05) is 0 Å². The van der Waals surface area contributed by atoms with Crippen molar-refractivity contribution < 1.29 is 9.84 Å². The summed E-state index contributed by atoms with van der Waals surface area (Å²) in [5.74, 6) is 5.23. The summed E-state index contributed by atoms with van der Waals surface area (Å²) in [4.78, 5) is 4.13. The molecule has 1 fully saturated rings. The van der Waals surface area contributed by atoms with Gasteiger partial charge >= 0.3 is 0 Å². The molecule has 0 aromatic rings. The fourth-order valence-electron chi connectivity index (χ4n) is 1.34. The first kappa shape index (κ1) is 10.2. The third-order valence-electron chi connectivity index (χ3n) is 2.22. The number of nitrogens with one attached hydrogen (secondary N) is 1. The van der Waals surface area contributed by atoms with Crippen molar-refractivity contribution in [3.8, 4) is 0 Å². The molecule has 0 aliphatic carbocycles. The van der Waals surface area contributed by atoms with E-state index in [0.717, 1.165) is 0 Å². The largest absolute Gasteiger partial charge is 0.394 e. The second-order valence-corrected chi connectivity index (χ2v) is 3.14. The molecule has 6 nitrogen and oxygen atoms in total. The van der Waals surface area contributed by atoms with Gasteiger partial charge in [0.15, 0.2) is 0 Å². The quantitative estimate of drug-likeness (QED) is 0.179. The van der Waals surface area contributed by atoms with Gasteiger partial charge in [-0.15, -0.1) is 0 Å². The Hall–Kier alpha value is -0.850. The summed E-state index contributed by atoms with van der Waals surface area (Å²) < 4.78 is 5.17. The molecule has 0 spiro atoms. The molecule has 1 aliphatic rings. The van der Waals surface area contributed by atoms with Crippen LogP contribution in [0, 0.1) is 0 Å². The molecule has 0 aromatic carbocycles. The Labute approximate surface area is 76.9 Å². The number of ether oxygens (including phenoxy) is 1. The maximum atomic E-state index is 9.20. The van der Waals surface area contributed by atoms with Crippen LogP contribution < -0.4 is 17.0 Å². The number of guanidine groups is 1. The van der Waals surface area contributed by atoms with Crippen molar-refractivity contribution in [2.75, 3.05) is 19.8 Å². The summed E-state index contributed by atoms with van der Waals surface area (Å²) in [6, 6.07) is 0. The number of hydrazine groups is 1. The zero-order valence-electron chi connectivity index (χ0n) is 7.49. The number of aliphatic hydroxyl groups excluding tert-OH is 1. The van der Waals surface area contributed by atoms with Crippen molar-refractivity contribution in [1.29, 1.82) is 0 Å². The number of nitrogens with two attached hydrogens (primary N) is 2. The van der Waals surface area contributed by atoms with E-state index in [4.69, 9.17) is 16.3 Å². The highest BCUT2D eigenvalue weighted by molar-refractivity contribution is 5.77. The highest BCUT2D eigenvalue weighted by Gasteiger charge is 2.31. The van der Waals surface area contributed by atoms with E-state index in [9.17, 15) is 5.11 Å². The summed E-state index contributed by atoms with van der Waals surface area (Å²) in [5, 5.41) is 9.20. The predicted octanol–water partition coefficient (Wildman–Crippen LogP) is -1.69. The standard InChI is InChI=1S/C7H16N4O2/c8-6(11-9)10-7(5-12)1-3-13-4-2-7/h12H,1-5,9H2,(H3,8,10,11). The molecule has 0 unspecified atom stereocenters. The predicted molar refractivity (Wildman–Crippen MR) is 48.8 cm³/mol. The molecule has 0 bridgehead atoms. The van der Waals surface area contributed by atoms with Crippen LogP contribution in [-0.2, 0) is 4.74 Å². The minimum Gasteiger partial charge on any atom is -0.394 e. The van der Waals surface area contributed by atoms with Gasteiger partial charge in [0, 0.05) is 13.2 Å². The van der Waals surface area contributed by atoms with Crippen LogP contribution in [0.4, 0.5) is 0 Å². The Morgan fingerprint density at radius 1 is 1.54 bits per heavy atom. The van der Waals surface area contributed by atoms with Crippen LogP contribution in [0.1, 0.15) is 12.8 Å². The molecule has 1 heterocycles. The number of aliphatic hydroxyl groups is 1. The number of aliphatic imine (C=N–C) groups is 1. The van der Waals surface area contributed by atoms with Crippen molar-refractivity contribution in [3.63, 3.8) is 0 Å². The lowest BCUT2D eigenvalue weighted by atomic mass is 9.92. The van der Waals surface area contributed by atoms with E-state index < -0.39 is 5.54 Å². The molecule has 1 saturated heterocycles. The summed E-state index contributed by atoms with van der Waals surface area (Å²) in [7, 11) is 0. The SMILES string of the molecule is NNC(N)=NC1(CO)CCOCC1. The van der Waals surface area contributed by atoms with Crippen LogP contribution in [0.25, 0.3) is 0 Å². The zero-order chi connectivity index (χ0) is 9.73. The summed E-state index contributed by atoms with van der Waals surface area (Å²) in [5.41, 5.74) is 7.17. The summed E-state index contributed by atoms with van der Waals surface area (Å²) >= 11 is 0. The molecule has 76 valence electrons. The van der Waals surface area contributed by atoms with Crippen molar-refractivity contribution in [3.05, 3.63) is 0 Å². The molecule has 1 aliphatic heterocycles. The van der Waals surface area contributed by atoms with E-state index in [0.29, 0.717) is 26.1 Å². The lowest BCUT2D eigenvalue weighted by molar-refractivity contribution is 0.0304. The van der Waals surface area contributed by atoms with Gasteiger partial charge in [0.1, 0.15) is 0 Å². The van der Waals surface area contributed by atoms with Crippen molar-refractivity contribution in [2.45, 2.75) is 18.4 Å². The Balaban J connectivity index is 2.67. The van der Waals surface area contributed by atoms with E-state index in [1.54, 1.807) is 0 Å². The fraction of sp³-hybridized carbons (Fsp3) is 0.857. The van der Waals surface area contributed by atoms with E-state index in [-0.39, 0.29) is 12.6 Å². The van der Waals surface area contributed by atoms with Crippen molar-refractivity contribution in [2.24, 2.45) is 16.6 Å². The van der Waals surface area contributed by atoms with E-state index in [1.807, 2.05) is 0 Å². The first-order valence-electron chi connectivity index (χ1n) is 4.23. The van der Waals surface area contributed by atoms with Gasteiger partial charge < -0.3 is 15.6 Å². The van der Waals surface area contributed by atoms with Crippen LogP contribution in [0.3, 0.4) is 0 Å². The first-order valence-corrected chi connectivity index (χ1v) is 4.23. The molecule has 0 atom stereocenters. The van der Waals surface area contributed by atoms with Gasteiger partial charge in [-0.3, -0.25) is 5.43 Å². The fourth-order valence-corrected chi connectivity index (χ4v) is 1.34. The van der Waals surface area contributed by atoms with Crippen LogP contribution in [0.2, 0.25) is 0 Å². The highest BCUT2D eigenvalue weighted by Crippen LogP contribution is 2.24. The van der Waals surface area contributed by atoms with Crippen molar-refractivity contribution in [1.82, 2.24) is 5.43 Å². The molecular formula is C7H16N4O2. The first-order chi connectivity index (χ1) is 6.22. The maximum absolute atomic E-state index is 9.20. The molecule has 6 N–H and O–H groups in total. The Morgan fingerprint density at radius 3 is 2.62 bits per heavy atom. The molecule has 0 aromatic heterocycles. The van der Waals surface area contributed by atoms with E-state index >= 15 is 0 Å². The second-order valence-electron chi connectivity index (χ2n) is 3.14. The maximum Gasteiger partial charge on any atom is 0.203 e. The zero-order valence-corrected chi connectivity index (χ0v) is 7.49. The van der Waals surface area contributed by atoms with Gasteiger partial charge in [0.05, 0.1) is 12.1 Å². The van der Waals surface area contributed by atoms with Gasteiger partial charge in [0.2, 0.25) is 5.96 Å². The third kappa shape index (κ3) is 2.55.